The van der Waals surface area contributed by atoms with Gasteiger partial charge in [0.05, 0.1) is 25.1 Å². The summed E-state index contributed by atoms with van der Waals surface area (Å²) in [5.74, 6) is 0.204. The second-order valence-electron chi connectivity index (χ2n) is 6.65. The predicted octanol–water partition coefficient (Wildman–Crippen LogP) is 2.07. The molecule has 0 bridgehead atoms. The molecule has 0 fully saturated rings. The fourth-order valence-corrected chi connectivity index (χ4v) is 3.44. The number of hydrogen-bond donors (Lipinski definition) is 2. The minimum Gasteiger partial charge on any atom is -0.507 e. The average Bonchev–Trinajstić information content (AvgIpc) is 3.11. The third-order valence-corrected chi connectivity index (χ3v) is 4.78. The molecule has 0 unspecified atom stereocenters. The smallest absolute Gasteiger partial charge is 0.348 e. The van der Waals surface area contributed by atoms with Gasteiger partial charge >= 0.3 is 5.63 Å². The number of amides is 1. The Morgan fingerprint density at radius 1 is 1.38 bits per heavy atom. The number of rotatable bonds is 4. The molecule has 1 aliphatic rings. The van der Waals surface area contributed by atoms with Gasteiger partial charge in [-0.1, -0.05) is 12.1 Å². The summed E-state index contributed by atoms with van der Waals surface area (Å²) in [6, 6.07) is 8.29. The first-order chi connectivity index (χ1) is 13.9. The van der Waals surface area contributed by atoms with Crippen molar-refractivity contribution in [2.24, 2.45) is 10.7 Å². The molecule has 1 aromatic carbocycles. The van der Waals surface area contributed by atoms with Crippen LogP contribution in [0, 0.1) is 6.92 Å². The second kappa shape index (κ2) is 6.93. The van der Waals surface area contributed by atoms with E-state index < -0.39 is 17.6 Å². The predicted molar refractivity (Wildman–Crippen MR) is 104 cm³/mol. The van der Waals surface area contributed by atoms with Gasteiger partial charge in [0, 0.05) is 12.5 Å². The molecule has 3 aromatic rings. The molecule has 0 radical (unpaired) electrons. The molecule has 3 heterocycles. The minimum atomic E-state index is -0.709. The van der Waals surface area contributed by atoms with Crippen LogP contribution in [0.25, 0.3) is 0 Å². The molecule has 2 aromatic heterocycles. The molecule has 9 heteroatoms. The molecular weight excluding hydrogens is 376 g/mol. The van der Waals surface area contributed by atoms with Crippen molar-refractivity contribution < 1.29 is 19.1 Å². The lowest BCUT2D eigenvalue weighted by Gasteiger charge is -2.25. The lowest BCUT2D eigenvalue weighted by molar-refractivity contribution is 0.100. The van der Waals surface area contributed by atoms with Crippen LogP contribution in [0.15, 0.2) is 50.7 Å². The van der Waals surface area contributed by atoms with Gasteiger partial charge in [0.15, 0.2) is 5.82 Å². The van der Waals surface area contributed by atoms with Crippen LogP contribution >= 0.6 is 0 Å². The summed E-state index contributed by atoms with van der Waals surface area (Å²) in [7, 11) is 1.56. The standard InChI is InChI=1S/C20H18N4O5/c1-10-6-16(25)17(20(27)29-10)14-8-15(11-4-3-5-12(7-11)28-2)24-19(23-14)13(9-22-24)18(21)26/h3-7,9,15,25H,8H2,1-2H3,(H2,21,26)/t15-/m1/s1. The van der Waals surface area contributed by atoms with Gasteiger partial charge in [-0.2, -0.15) is 5.10 Å². The Labute approximate surface area is 165 Å². The maximum absolute atomic E-state index is 12.4. The molecule has 148 valence electrons. The largest absolute Gasteiger partial charge is 0.507 e. The van der Waals surface area contributed by atoms with Gasteiger partial charge in [-0.3, -0.25) is 4.79 Å². The van der Waals surface area contributed by atoms with Gasteiger partial charge in [-0.15, -0.1) is 0 Å². The highest BCUT2D eigenvalue weighted by Crippen LogP contribution is 2.37. The van der Waals surface area contributed by atoms with Gasteiger partial charge in [-0.25, -0.2) is 14.5 Å². The van der Waals surface area contributed by atoms with Crippen molar-refractivity contribution in [3.63, 3.8) is 0 Å². The number of aliphatic imine (C=N–C) groups is 1. The molecule has 0 aliphatic carbocycles. The Balaban J connectivity index is 1.93. The quantitative estimate of drug-likeness (QED) is 0.696. The van der Waals surface area contributed by atoms with Crippen LogP contribution in [0.5, 0.6) is 11.5 Å². The molecule has 29 heavy (non-hydrogen) atoms. The van der Waals surface area contributed by atoms with Crippen molar-refractivity contribution in [1.29, 1.82) is 0 Å². The molecule has 4 rings (SSSR count). The highest BCUT2D eigenvalue weighted by molar-refractivity contribution is 6.06. The van der Waals surface area contributed by atoms with E-state index in [1.54, 1.807) is 24.8 Å². The molecule has 0 saturated carbocycles. The van der Waals surface area contributed by atoms with E-state index in [0.717, 1.165) is 5.56 Å². The molecule has 3 N–H and O–H groups in total. The number of hydrogen-bond acceptors (Lipinski definition) is 7. The zero-order chi connectivity index (χ0) is 20.7. The first-order valence-corrected chi connectivity index (χ1v) is 8.82. The monoisotopic (exact) mass is 394 g/mol. The second-order valence-corrected chi connectivity index (χ2v) is 6.65. The molecule has 9 nitrogen and oxygen atoms in total. The van der Waals surface area contributed by atoms with E-state index >= 15 is 0 Å². The van der Waals surface area contributed by atoms with E-state index in [1.165, 1.54) is 12.3 Å². The van der Waals surface area contributed by atoms with Gasteiger partial charge in [-0.05, 0) is 24.6 Å². The van der Waals surface area contributed by atoms with Crippen LogP contribution in [-0.2, 0) is 0 Å². The SMILES string of the molecule is COc1cccc([C@H]2CC(c3c(O)cc(C)oc3=O)=Nc3c(C(N)=O)cnn32)c1. The number of primary amides is 1. The van der Waals surface area contributed by atoms with Gasteiger partial charge in [0.2, 0.25) is 0 Å². The maximum Gasteiger partial charge on any atom is 0.348 e. The molecular formula is C20H18N4O5. The van der Waals surface area contributed by atoms with Crippen molar-refractivity contribution in [2.45, 2.75) is 19.4 Å². The minimum absolute atomic E-state index is 0.0497. The lowest BCUT2D eigenvalue weighted by Crippen LogP contribution is -2.25. The van der Waals surface area contributed by atoms with Crippen LogP contribution in [0.3, 0.4) is 0 Å². The number of nitrogens with zero attached hydrogens (tertiary/aromatic N) is 3. The zero-order valence-corrected chi connectivity index (χ0v) is 15.7. The Bertz CT molecular complexity index is 1210. The summed E-state index contributed by atoms with van der Waals surface area (Å²) < 4.78 is 12.0. The maximum atomic E-state index is 12.4. The van der Waals surface area contributed by atoms with Crippen molar-refractivity contribution in [1.82, 2.24) is 9.78 Å². The van der Waals surface area contributed by atoms with Gasteiger partial charge in [0.1, 0.15) is 28.4 Å². The number of carbonyl (C=O) groups excluding carboxylic acids is 1. The van der Waals surface area contributed by atoms with Crippen molar-refractivity contribution in [2.75, 3.05) is 7.11 Å². The first kappa shape index (κ1) is 18.5. The Morgan fingerprint density at radius 2 is 2.17 bits per heavy atom. The Kier molecular flexibility index (Phi) is 4.42. The highest BCUT2D eigenvalue weighted by atomic mass is 16.5. The van der Waals surface area contributed by atoms with E-state index in [2.05, 4.69) is 10.1 Å². The third kappa shape index (κ3) is 3.16. The van der Waals surface area contributed by atoms with E-state index in [-0.39, 0.29) is 40.6 Å². The zero-order valence-electron chi connectivity index (χ0n) is 15.7. The van der Waals surface area contributed by atoms with Crippen LogP contribution in [0.2, 0.25) is 0 Å². The number of aromatic hydroxyl groups is 1. The van der Waals surface area contributed by atoms with Crippen LogP contribution in [-0.4, -0.2) is 33.6 Å². The Morgan fingerprint density at radius 3 is 2.86 bits per heavy atom. The van der Waals surface area contributed by atoms with E-state index in [9.17, 15) is 14.7 Å². The van der Waals surface area contributed by atoms with Crippen LogP contribution in [0.4, 0.5) is 5.82 Å². The van der Waals surface area contributed by atoms with Crippen LogP contribution in [0.1, 0.15) is 39.7 Å². The number of fused-ring (bicyclic) bond motifs is 1. The normalized spacial score (nSPS) is 15.5. The van der Waals surface area contributed by atoms with Crippen molar-refractivity contribution in [3.8, 4) is 11.5 Å². The van der Waals surface area contributed by atoms with Crippen molar-refractivity contribution >= 4 is 17.4 Å². The summed E-state index contributed by atoms with van der Waals surface area (Å²) in [4.78, 5) is 28.7. The lowest BCUT2D eigenvalue weighted by atomic mass is 9.95. The fraction of sp³-hybridized carbons (Fsp3) is 0.200. The number of ether oxygens (including phenoxy) is 1. The highest BCUT2D eigenvalue weighted by Gasteiger charge is 2.31. The fourth-order valence-electron chi connectivity index (χ4n) is 3.44. The van der Waals surface area contributed by atoms with E-state index in [4.69, 9.17) is 14.9 Å². The number of aryl methyl sites for hydroxylation is 1. The molecule has 1 amide bonds. The number of carbonyl (C=O) groups is 1. The number of methoxy groups -OCH3 is 1. The number of benzene rings is 1. The third-order valence-electron chi connectivity index (χ3n) is 4.78. The molecule has 0 saturated heterocycles. The van der Waals surface area contributed by atoms with E-state index in [1.807, 2.05) is 18.2 Å². The number of aromatic nitrogens is 2. The summed E-state index contributed by atoms with van der Waals surface area (Å²) >= 11 is 0. The average molecular weight is 394 g/mol. The van der Waals surface area contributed by atoms with Crippen LogP contribution < -0.4 is 16.1 Å². The number of nitrogens with two attached hydrogens (primary N) is 1. The first-order valence-electron chi connectivity index (χ1n) is 8.82. The molecule has 1 atom stereocenters. The molecule has 0 spiro atoms. The summed E-state index contributed by atoms with van der Waals surface area (Å²) in [5.41, 5.74) is 5.93. The topological polar surface area (TPSA) is 133 Å². The summed E-state index contributed by atoms with van der Waals surface area (Å²) in [5, 5.41) is 14.6. The van der Waals surface area contributed by atoms with Crippen molar-refractivity contribution in [3.05, 3.63) is 69.4 Å². The molecule has 1 aliphatic heterocycles. The summed E-state index contributed by atoms with van der Waals surface area (Å²) in [6.07, 6.45) is 1.58. The van der Waals surface area contributed by atoms with Gasteiger partial charge < -0.3 is 20.0 Å². The summed E-state index contributed by atoms with van der Waals surface area (Å²) in [6.45, 7) is 1.56. The van der Waals surface area contributed by atoms with Gasteiger partial charge in [0.25, 0.3) is 5.91 Å². The van der Waals surface area contributed by atoms with E-state index in [0.29, 0.717) is 5.75 Å². The Hall–Kier alpha value is -3.88.